The van der Waals surface area contributed by atoms with Crippen LogP contribution in [0.4, 0.5) is 26.3 Å². The molecule has 7 nitrogen and oxygen atoms in total. The van der Waals surface area contributed by atoms with Gasteiger partial charge in [0.2, 0.25) is 5.91 Å². The number of carbonyl (C=O) groups excluding carboxylic acids is 3. The fraction of sp³-hybridized carbons (Fsp3) is 0.348. The van der Waals surface area contributed by atoms with Gasteiger partial charge in [-0.3, -0.25) is 14.4 Å². The zero-order chi connectivity index (χ0) is 26.9. The summed E-state index contributed by atoms with van der Waals surface area (Å²) in [5.41, 5.74) is 0.456. The number of benzene rings is 2. The van der Waals surface area contributed by atoms with Crippen LogP contribution >= 0.6 is 0 Å². The summed E-state index contributed by atoms with van der Waals surface area (Å²) >= 11 is 0. The summed E-state index contributed by atoms with van der Waals surface area (Å²) in [6.07, 6.45) is -10.5. The highest BCUT2D eigenvalue weighted by Gasteiger charge is 2.31. The first-order valence-corrected chi connectivity index (χ1v) is 10.4. The van der Waals surface area contributed by atoms with E-state index < -0.39 is 49.2 Å². The second-order valence-corrected chi connectivity index (χ2v) is 7.58. The minimum Gasteiger partial charge on any atom is -0.493 e. The van der Waals surface area contributed by atoms with Crippen LogP contribution in [0.15, 0.2) is 48.5 Å². The van der Waals surface area contributed by atoms with Crippen molar-refractivity contribution in [1.82, 2.24) is 10.6 Å². The van der Waals surface area contributed by atoms with Crippen LogP contribution in [0.3, 0.4) is 0 Å². The molecule has 36 heavy (non-hydrogen) atoms. The summed E-state index contributed by atoms with van der Waals surface area (Å²) in [7, 11) is 0. The first kappa shape index (κ1) is 28.5. The summed E-state index contributed by atoms with van der Waals surface area (Å²) < 4.78 is 82.5. The van der Waals surface area contributed by atoms with Crippen LogP contribution in [0.1, 0.15) is 29.3 Å². The molecule has 0 aliphatic carbocycles. The van der Waals surface area contributed by atoms with Crippen LogP contribution in [0.5, 0.6) is 11.5 Å². The highest BCUT2D eigenvalue weighted by molar-refractivity contribution is 5.98. The maximum atomic E-state index is 12.7. The zero-order valence-corrected chi connectivity index (χ0v) is 18.8. The Morgan fingerprint density at radius 3 is 2.00 bits per heavy atom. The van der Waals surface area contributed by atoms with Gasteiger partial charge in [-0.1, -0.05) is 12.1 Å². The quantitative estimate of drug-likeness (QED) is 0.438. The van der Waals surface area contributed by atoms with Crippen LogP contribution in [0.2, 0.25) is 0 Å². The normalized spacial score (nSPS) is 12.4. The molecule has 0 heterocycles. The van der Waals surface area contributed by atoms with E-state index in [2.05, 4.69) is 15.4 Å². The third kappa shape index (κ3) is 10.7. The number of carbonyl (C=O) groups is 3. The summed E-state index contributed by atoms with van der Waals surface area (Å²) in [5.74, 6) is -2.13. The van der Waals surface area contributed by atoms with E-state index in [9.17, 15) is 40.7 Å². The monoisotopic (exact) mass is 520 g/mol. The van der Waals surface area contributed by atoms with Crippen LogP contribution in [0.25, 0.3) is 0 Å². The minimum atomic E-state index is -4.87. The van der Waals surface area contributed by atoms with Crippen molar-refractivity contribution in [3.05, 3.63) is 59.7 Å². The number of hydrogen-bond acceptors (Lipinski definition) is 5. The lowest BCUT2D eigenvalue weighted by atomic mass is 10.0. The van der Waals surface area contributed by atoms with E-state index in [1.807, 2.05) is 0 Å². The maximum Gasteiger partial charge on any atom is 0.573 e. The summed E-state index contributed by atoms with van der Waals surface area (Å²) in [6.45, 7) is 0.347. The Labute approximate surface area is 201 Å². The number of alkyl halides is 6. The Balaban J connectivity index is 2.08. The number of rotatable bonds is 11. The van der Waals surface area contributed by atoms with Gasteiger partial charge in [-0.25, -0.2) is 0 Å². The third-order valence-electron chi connectivity index (χ3n) is 4.50. The molecule has 0 radical (unpaired) electrons. The Hall–Kier alpha value is -3.77. The van der Waals surface area contributed by atoms with Crippen LogP contribution < -0.4 is 20.1 Å². The Morgan fingerprint density at radius 2 is 1.47 bits per heavy atom. The van der Waals surface area contributed by atoms with Crippen molar-refractivity contribution in [1.29, 1.82) is 0 Å². The number of Topliss-reactive ketones (excluding diaryl/α,β-unsaturated/α-hetero) is 1. The Kier molecular flexibility index (Phi) is 9.70. The first-order valence-electron chi connectivity index (χ1n) is 10.4. The fourth-order valence-electron chi connectivity index (χ4n) is 2.84. The average Bonchev–Trinajstić information content (AvgIpc) is 2.76. The molecular formula is C23H22F6N2O5. The van der Waals surface area contributed by atoms with E-state index >= 15 is 0 Å². The number of hydrogen-bond donors (Lipinski definition) is 2. The molecule has 13 heteroatoms. The minimum absolute atomic E-state index is 0.0662. The van der Waals surface area contributed by atoms with E-state index in [1.54, 1.807) is 0 Å². The number of nitrogens with one attached hydrogen (secondary N) is 2. The SMILES string of the molecule is CC(=O)CNC(=O)C(Cc1ccc(OC(F)(F)F)cc1)NC(=O)c1ccc(OCCC(F)(F)F)cc1. The van der Waals surface area contributed by atoms with Crippen LogP contribution in [-0.4, -0.2) is 49.3 Å². The lowest BCUT2D eigenvalue weighted by molar-refractivity contribution is -0.274. The molecule has 0 saturated heterocycles. The van der Waals surface area contributed by atoms with Gasteiger partial charge in [0.05, 0.1) is 19.6 Å². The van der Waals surface area contributed by atoms with Gasteiger partial charge >= 0.3 is 12.5 Å². The highest BCUT2D eigenvalue weighted by Crippen LogP contribution is 2.23. The van der Waals surface area contributed by atoms with E-state index in [0.29, 0.717) is 5.56 Å². The van der Waals surface area contributed by atoms with E-state index in [-0.39, 0.29) is 30.1 Å². The number of ketones is 1. The maximum absolute atomic E-state index is 12.7. The molecule has 2 N–H and O–H groups in total. The van der Waals surface area contributed by atoms with Gasteiger partial charge in [0, 0.05) is 12.0 Å². The second kappa shape index (κ2) is 12.3. The molecule has 196 valence electrons. The summed E-state index contributed by atoms with van der Waals surface area (Å²) in [5, 5.41) is 4.84. The molecule has 2 amide bonds. The molecule has 0 aliphatic heterocycles. The van der Waals surface area contributed by atoms with Gasteiger partial charge < -0.3 is 20.1 Å². The molecule has 0 spiro atoms. The van der Waals surface area contributed by atoms with Gasteiger partial charge in [-0.15, -0.1) is 13.2 Å². The average molecular weight is 520 g/mol. The molecular weight excluding hydrogens is 498 g/mol. The molecule has 0 aliphatic rings. The van der Waals surface area contributed by atoms with Crippen molar-refractivity contribution >= 4 is 17.6 Å². The van der Waals surface area contributed by atoms with Crippen molar-refractivity contribution in [3.63, 3.8) is 0 Å². The third-order valence-corrected chi connectivity index (χ3v) is 4.50. The van der Waals surface area contributed by atoms with Gasteiger partial charge in [-0.05, 0) is 48.9 Å². The number of ether oxygens (including phenoxy) is 2. The number of halogens is 6. The second-order valence-electron chi connectivity index (χ2n) is 7.58. The largest absolute Gasteiger partial charge is 0.573 e. The van der Waals surface area contributed by atoms with E-state index in [0.717, 1.165) is 12.1 Å². The molecule has 0 saturated carbocycles. The van der Waals surface area contributed by atoms with E-state index in [4.69, 9.17) is 4.74 Å². The predicted molar refractivity (Wildman–Crippen MR) is 114 cm³/mol. The smallest absolute Gasteiger partial charge is 0.493 e. The van der Waals surface area contributed by atoms with Crippen molar-refractivity contribution in [2.45, 2.75) is 38.3 Å². The Morgan fingerprint density at radius 1 is 0.889 bits per heavy atom. The zero-order valence-electron chi connectivity index (χ0n) is 18.8. The molecule has 0 bridgehead atoms. The summed E-state index contributed by atoms with van der Waals surface area (Å²) in [6, 6.07) is 8.61. The molecule has 2 aromatic carbocycles. The first-order chi connectivity index (χ1) is 16.7. The van der Waals surface area contributed by atoms with Crippen LogP contribution in [0, 0.1) is 0 Å². The van der Waals surface area contributed by atoms with Crippen molar-refractivity contribution in [2.75, 3.05) is 13.2 Å². The summed E-state index contributed by atoms with van der Waals surface area (Å²) in [4.78, 5) is 36.4. The topological polar surface area (TPSA) is 93.7 Å². The number of amides is 2. The van der Waals surface area contributed by atoms with Crippen LogP contribution in [-0.2, 0) is 16.0 Å². The lowest BCUT2D eigenvalue weighted by Gasteiger charge is -2.19. The lowest BCUT2D eigenvalue weighted by Crippen LogP contribution is -2.48. The van der Waals surface area contributed by atoms with Crippen molar-refractivity contribution in [3.8, 4) is 11.5 Å². The molecule has 2 aromatic rings. The standard InChI is InChI=1S/C23H22F6N2O5/c1-14(32)13-30-21(34)19(12-15-2-6-18(7-3-15)36-23(27,28)29)31-20(33)16-4-8-17(9-5-16)35-11-10-22(24,25)26/h2-9,19H,10-13H2,1H3,(H,30,34)(H,31,33). The molecule has 0 fully saturated rings. The molecule has 0 aromatic heterocycles. The van der Waals surface area contributed by atoms with Crippen molar-refractivity contribution < 1.29 is 50.2 Å². The molecule has 1 atom stereocenters. The predicted octanol–water partition coefficient (Wildman–Crippen LogP) is 3.96. The Bertz CT molecular complexity index is 1040. The van der Waals surface area contributed by atoms with Gasteiger partial charge in [0.1, 0.15) is 23.3 Å². The van der Waals surface area contributed by atoms with Gasteiger partial charge in [0.15, 0.2) is 0 Å². The highest BCUT2D eigenvalue weighted by atomic mass is 19.4. The fourth-order valence-corrected chi connectivity index (χ4v) is 2.84. The van der Waals surface area contributed by atoms with Gasteiger partial charge in [0.25, 0.3) is 5.91 Å². The van der Waals surface area contributed by atoms with Gasteiger partial charge in [-0.2, -0.15) is 13.2 Å². The van der Waals surface area contributed by atoms with Crippen molar-refractivity contribution in [2.24, 2.45) is 0 Å². The molecule has 2 rings (SSSR count). The van der Waals surface area contributed by atoms with E-state index in [1.165, 1.54) is 43.3 Å². The molecule has 1 unspecified atom stereocenters.